The Balaban J connectivity index is 1.98. The van der Waals surface area contributed by atoms with Crippen molar-refractivity contribution in [2.75, 3.05) is 5.32 Å². The first-order valence-corrected chi connectivity index (χ1v) is 13.7. The molecule has 2 nitrogen and oxygen atoms in total. The van der Waals surface area contributed by atoms with E-state index in [0.717, 1.165) is 55.4 Å². The van der Waals surface area contributed by atoms with Gasteiger partial charge in [0.1, 0.15) is 0 Å². The highest BCUT2D eigenvalue weighted by atomic mass is 16.1. The summed E-state index contributed by atoms with van der Waals surface area (Å²) in [6.45, 7) is 5.91. The van der Waals surface area contributed by atoms with Crippen LogP contribution >= 0.6 is 0 Å². The summed E-state index contributed by atoms with van der Waals surface area (Å²) >= 11 is 0. The zero-order valence-corrected chi connectivity index (χ0v) is 23.0. The average molecular weight is 518 g/mol. The fourth-order valence-electron chi connectivity index (χ4n) is 5.85. The molecule has 0 aliphatic carbocycles. The normalized spacial score (nSPS) is 11.0. The van der Waals surface area contributed by atoms with Gasteiger partial charge in [0.25, 0.3) is 0 Å². The fraction of sp³-hybridized carbons (Fsp3) is 0.0789. The quantitative estimate of drug-likeness (QED) is 0.242. The van der Waals surface area contributed by atoms with E-state index in [1.54, 1.807) is 6.92 Å². The SMILES string of the molecule is CC(=O)Nc1cc(C)c(C)c2c(-c3ccccc3)c(-c3ccccc3)c(-c3ccccc3)c(-c3ccccc3)c12. The van der Waals surface area contributed by atoms with Gasteiger partial charge in [-0.25, -0.2) is 0 Å². The van der Waals surface area contributed by atoms with Gasteiger partial charge in [-0.05, 0) is 75.4 Å². The summed E-state index contributed by atoms with van der Waals surface area (Å²) in [7, 11) is 0. The predicted molar refractivity (Wildman–Crippen MR) is 169 cm³/mol. The second kappa shape index (κ2) is 10.7. The number of amides is 1. The van der Waals surface area contributed by atoms with Crippen LogP contribution in [0.15, 0.2) is 127 Å². The Morgan fingerprint density at radius 1 is 0.500 bits per heavy atom. The summed E-state index contributed by atoms with van der Waals surface area (Å²) in [5, 5.41) is 5.42. The van der Waals surface area contributed by atoms with Crippen molar-refractivity contribution in [3.63, 3.8) is 0 Å². The van der Waals surface area contributed by atoms with Crippen molar-refractivity contribution in [2.24, 2.45) is 0 Å². The molecule has 6 rings (SSSR count). The molecule has 6 aromatic carbocycles. The van der Waals surface area contributed by atoms with Gasteiger partial charge in [-0.2, -0.15) is 0 Å². The molecule has 0 spiro atoms. The Morgan fingerprint density at radius 3 is 1.23 bits per heavy atom. The van der Waals surface area contributed by atoms with Gasteiger partial charge in [-0.1, -0.05) is 121 Å². The third-order valence-electron chi connectivity index (χ3n) is 7.66. The summed E-state index contributed by atoms with van der Waals surface area (Å²) in [6, 6.07) is 44.7. The molecule has 0 radical (unpaired) electrons. The number of carbonyl (C=O) groups excluding carboxylic acids is 1. The number of fused-ring (bicyclic) bond motifs is 1. The first-order chi connectivity index (χ1) is 19.5. The Hall–Kier alpha value is -4.95. The van der Waals surface area contributed by atoms with Crippen LogP contribution < -0.4 is 5.32 Å². The maximum absolute atomic E-state index is 12.6. The van der Waals surface area contributed by atoms with E-state index in [9.17, 15) is 4.79 Å². The summed E-state index contributed by atoms with van der Waals surface area (Å²) in [5.41, 5.74) is 12.3. The number of aryl methyl sites for hydroxylation is 2. The van der Waals surface area contributed by atoms with Crippen molar-refractivity contribution in [3.8, 4) is 44.5 Å². The van der Waals surface area contributed by atoms with Crippen molar-refractivity contribution < 1.29 is 4.79 Å². The molecule has 0 aliphatic heterocycles. The molecule has 0 aliphatic rings. The van der Waals surface area contributed by atoms with Crippen LogP contribution in [-0.2, 0) is 4.79 Å². The van der Waals surface area contributed by atoms with Crippen LogP contribution in [0.4, 0.5) is 5.69 Å². The molecule has 0 bridgehead atoms. The lowest BCUT2D eigenvalue weighted by Crippen LogP contribution is -2.09. The fourth-order valence-corrected chi connectivity index (χ4v) is 5.85. The lowest BCUT2D eigenvalue weighted by Gasteiger charge is -2.27. The Bertz CT molecular complexity index is 1820. The Kier molecular flexibility index (Phi) is 6.76. The standard InChI is InChI=1S/C38H31NO/c1-25-24-32(39-27(3)40)38-33(26(25)2)34(28-16-8-4-9-17-28)35(29-18-10-5-11-19-29)36(30-20-12-6-13-21-30)37(38)31-22-14-7-15-23-31/h4-24H,1-3H3,(H,39,40). The van der Waals surface area contributed by atoms with Gasteiger partial charge in [-0.3, -0.25) is 4.79 Å². The molecule has 0 saturated heterocycles. The molecule has 0 atom stereocenters. The lowest BCUT2D eigenvalue weighted by molar-refractivity contribution is -0.114. The zero-order chi connectivity index (χ0) is 27.6. The number of hydrogen-bond acceptors (Lipinski definition) is 1. The van der Waals surface area contributed by atoms with E-state index < -0.39 is 0 Å². The van der Waals surface area contributed by atoms with Gasteiger partial charge in [0.2, 0.25) is 5.91 Å². The number of nitrogens with one attached hydrogen (secondary N) is 1. The van der Waals surface area contributed by atoms with Crippen molar-refractivity contribution in [3.05, 3.63) is 139 Å². The highest BCUT2D eigenvalue weighted by molar-refractivity contribution is 6.23. The van der Waals surface area contributed by atoms with Crippen LogP contribution in [0, 0.1) is 13.8 Å². The van der Waals surface area contributed by atoms with Crippen LogP contribution in [-0.4, -0.2) is 5.91 Å². The van der Waals surface area contributed by atoms with E-state index in [1.807, 2.05) is 0 Å². The van der Waals surface area contributed by atoms with E-state index >= 15 is 0 Å². The van der Waals surface area contributed by atoms with E-state index in [1.165, 1.54) is 16.7 Å². The minimum Gasteiger partial charge on any atom is -0.326 e. The van der Waals surface area contributed by atoms with Crippen molar-refractivity contribution in [1.82, 2.24) is 0 Å². The molecule has 0 heterocycles. The Labute approximate surface area is 236 Å². The molecule has 1 N–H and O–H groups in total. The molecule has 40 heavy (non-hydrogen) atoms. The number of carbonyl (C=O) groups is 1. The molecule has 6 aromatic rings. The molecule has 0 unspecified atom stereocenters. The molecule has 0 aromatic heterocycles. The summed E-state index contributed by atoms with van der Waals surface area (Å²) in [6.07, 6.45) is 0. The third kappa shape index (κ3) is 4.48. The van der Waals surface area contributed by atoms with Crippen molar-refractivity contribution in [1.29, 1.82) is 0 Å². The minimum atomic E-state index is -0.0850. The van der Waals surface area contributed by atoms with Crippen molar-refractivity contribution in [2.45, 2.75) is 20.8 Å². The first kappa shape index (κ1) is 25.3. The van der Waals surface area contributed by atoms with Crippen LogP contribution in [0.25, 0.3) is 55.3 Å². The highest BCUT2D eigenvalue weighted by Crippen LogP contribution is 2.53. The first-order valence-electron chi connectivity index (χ1n) is 13.7. The monoisotopic (exact) mass is 517 g/mol. The number of hydrogen-bond donors (Lipinski definition) is 1. The maximum Gasteiger partial charge on any atom is 0.221 e. The van der Waals surface area contributed by atoms with Gasteiger partial charge in [0.15, 0.2) is 0 Å². The van der Waals surface area contributed by atoms with Gasteiger partial charge in [0, 0.05) is 23.6 Å². The smallest absolute Gasteiger partial charge is 0.221 e. The second-order valence-corrected chi connectivity index (χ2v) is 10.3. The maximum atomic E-state index is 12.6. The summed E-state index contributed by atoms with van der Waals surface area (Å²) < 4.78 is 0. The third-order valence-corrected chi connectivity index (χ3v) is 7.66. The molecule has 194 valence electrons. The van der Waals surface area contributed by atoms with Gasteiger partial charge in [0.05, 0.1) is 0 Å². The van der Waals surface area contributed by atoms with Crippen molar-refractivity contribution >= 4 is 22.4 Å². The van der Waals surface area contributed by atoms with Crippen LogP contribution in [0.3, 0.4) is 0 Å². The minimum absolute atomic E-state index is 0.0850. The molecule has 2 heteroatoms. The topological polar surface area (TPSA) is 29.1 Å². The Morgan fingerprint density at radius 2 is 0.850 bits per heavy atom. The lowest BCUT2D eigenvalue weighted by atomic mass is 9.77. The summed E-state index contributed by atoms with van der Waals surface area (Å²) in [4.78, 5) is 12.6. The van der Waals surface area contributed by atoms with E-state index in [-0.39, 0.29) is 5.91 Å². The van der Waals surface area contributed by atoms with Crippen LogP contribution in [0.5, 0.6) is 0 Å². The number of benzene rings is 6. The predicted octanol–water partition coefficient (Wildman–Crippen LogP) is 10.1. The van der Waals surface area contributed by atoms with E-state index in [0.29, 0.717) is 0 Å². The van der Waals surface area contributed by atoms with Gasteiger partial charge >= 0.3 is 0 Å². The highest BCUT2D eigenvalue weighted by Gasteiger charge is 2.27. The molecular weight excluding hydrogens is 486 g/mol. The van der Waals surface area contributed by atoms with Crippen LogP contribution in [0.1, 0.15) is 18.1 Å². The van der Waals surface area contributed by atoms with Gasteiger partial charge in [-0.15, -0.1) is 0 Å². The average Bonchev–Trinajstić information content (AvgIpc) is 3.00. The molecule has 1 amide bonds. The molecule has 0 fully saturated rings. The molecule has 0 saturated carbocycles. The van der Waals surface area contributed by atoms with E-state index in [4.69, 9.17) is 0 Å². The van der Waals surface area contributed by atoms with Gasteiger partial charge < -0.3 is 5.32 Å². The van der Waals surface area contributed by atoms with E-state index in [2.05, 4.69) is 147 Å². The second-order valence-electron chi connectivity index (χ2n) is 10.3. The molecular formula is C38H31NO. The van der Waals surface area contributed by atoms with Crippen LogP contribution in [0.2, 0.25) is 0 Å². The number of rotatable bonds is 5. The number of anilines is 1. The largest absolute Gasteiger partial charge is 0.326 e. The summed E-state index contributed by atoms with van der Waals surface area (Å²) in [5.74, 6) is -0.0850. The zero-order valence-electron chi connectivity index (χ0n) is 23.0.